The summed E-state index contributed by atoms with van der Waals surface area (Å²) in [6, 6.07) is 37.8. The zero-order valence-electron chi connectivity index (χ0n) is 23.8. The van der Waals surface area contributed by atoms with Crippen molar-refractivity contribution in [2.45, 2.75) is 12.8 Å². The van der Waals surface area contributed by atoms with Crippen LogP contribution in [0, 0.1) is 11.8 Å². The maximum atomic E-state index is 6.74. The van der Waals surface area contributed by atoms with Crippen molar-refractivity contribution in [2.75, 3.05) is 0 Å². The van der Waals surface area contributed by atoms with Gasteiger partial charge in [0.05, 0.1) is 0 Å². The maximum absolute atomic E-state index is 6.74. The lowest BCUT2D eigenvalue weighted by Crippen LogP contribution is -2.40. The summed E-state index contributed by atoms with van der Waals surface area (Å²) < 4.78 is 6.74. The number of benzene rings is 5. The monoisotopic (exact) mass is 550 g/mol. The Morgan fingerprint density at radius 2 is 1.28 bits per heavy atom. The molecule has 0 bridgehead atoms. The Kier molecular flexibility index (Phi) is 5.52. The molecule has 1 heteroatoms. The predicted molar refractivity (Wildman–Crippen MR) is 180 cm³/mol. The molecule has 9 rings (SSSR count). The Morgan fingerprint density at radius 3 is 2.05 bits per heavy atom. The molecule has 0 fully saturated rings. The van der Waals surface area contributed by atoms with E-state index in [1.54, 1.807) is 0 Å². The maximum Gasteiger partial charge on any atom is 0.136 e. The van der Waals surface area contributed by atoms with Crippen LogP contribution in [-0.4, -0.2) is 0 Å². The minimum Gasteiger partial charge on any atom is -0.456 e. The first-order valence-corrected chi connectivity index (χ1v) is 15.3. The van der Waals surface area contributed by atoms with Crippen molar-refractivity contribution < 1.29 is 4.42 Å². The van der Waals surface area contributed by atoms with E-state index in [2.05, 4.69) is 146 Å². The van der Waals surface area contributed by atoms with Crippen LogP contribution < -0.4 is 10.4 Å². The fourth-order valence-electron chi connectivity index (χ4n) is 7.56. The van der Waals surface area contributed by atoms with Crippen LogP contribution in [0.3, 0.4) is 0 Å². The molecule has 5 aromatic carbocycles. The van der Waals surface area contributed by atoms with Gasteiger partial charge in [0.25, 0.3) is 0 Å². The van der Waals surface area contributed by atoms with Crippen LogP contribution >= 0.6 is 0 Å². The molecule has 0 radical (unpaired) electrons. The van der Waals surface area contributed by atoms with Crippen molar-refractivity contribution in [2.24, 2.45) is 11.8 Å². The highest BCUT2D eigenvalue weighted by Gasteiger charge is 2.33. The average molecular weight is 551 g/mol. The van der Waals surface area contributed by atoms with Crippen molar-refractivity contribution in [3.05, 3.63) is 173 Å². The lowest BCUT2D eigenvalue weighted by Gasteiger charge is -2.33. The summed E-state index contributed by atoms with van der Waals surface area (Å²) in [7, 11) is 0. The molecule has 0 amide bonds. The van der Waals surface area contributed by atoms with Gasteiger partial charge in [-0.05, 0) is 91.7 Å². The molecule has 1 nitrogen and oxygen atoms in total. The van der Waals surface area contributed by atoms with Gasteiger partial charge in [-0.3, -0.25) is 0 Å². The van der Waals surface area contributed by atoms with Crippen LogP contribution in [0.2, 0.25) is 0 Å². The number of rotatable bonds is 3. The second-order valence-corrected chi connectivity index (χ2v) is 11.9. The first-order valence-electron chi connectivity index (χ1n) is 15.3. The highest BCUT2D eigenvalue weighted by Crippen LogP contribution is 2.45. The van der Waals surface area contributed by atoms with Crippen LogP contribution in [-0.2, 0) is 0 Å². The van der Waals surface area contributed by atoms with Crippen LogP contribution in [0.4, 0.5) is 0 Å². The smallest absolute Gasteiger partial charge is 0.136 e. The zero-order valence-corrected chi connectivity index (χ0v) is 23.8. The molecule has 0 saturated carbocycles. The van der Waals surface area contributed by atoms with E-state index in [0.29, 0.717) is 0 Å². The number of hydrogen-bond donors (Lipinski definition) is 0. The highest BCUT2D eigenvalue weighted by molar-refractivity contribution is 6.15. The molecule has 0 saturated heterocycles. The van der Waals surface area contributed by atoms with Crippen molar-refractivity contribution in [3.63, 3.8) is 0 Å². The van der Waals surface area contributed by atoms with Crippen molar-refractivity contribution in [1.29, 1.82) is 0 Å². The minimum atomic E-state index is 0.204. The molecule has 204 valence electrons. The molecule has 3 aliphatic carbocycles. The first kappa shape index (κ1) is 24.5. The second-order valence-electron chi connectivity index (χ2n) is 11.9. The molecule has 0 N–H and O–H groups in total. The van der Waals surface area contributed by atoms with Crippen LogP contribution in [0.25, 0.3) is 49.4 Å². The van der Waals surface area contributed by atoms with Gasteiger partial charge in [0.2, 0.25) is 0 Å². The third-order valence-corrected chi connectivity index (χ3v) is 9.45. The van der Waals surface area contributed by atoms with Gasteiger partial charge in [0.1, 0.15) is 11.2 Å². The zero-order chi connectivity index (χ0) is 28.3. The van der Waals surface area contributed by atoms with Gasteiger partial charge in [-0.15, -0.1) is 0 Å². The molecule has 0 spiro atoms. The van der Waals surface area contributed by atoms with Crippen LogP contribution in [0.1, 0.15) is 29.5 Å². The van der Waals surface area contributed by atoms with Crippen molar-refractivity contribution >= 4 is 49.4 Å². The molecule has 2 atom stereocenters. The third-order valence-electron chi connectivity index (χ3n) is 9.45. The average Bonchev–Trinajstić information content (AvgIpc) is 3.43. The Balaban J connectivity index is 1.46. The van der Waals surface area contributed by atoms with Gasteiger partial charge < -0.3 is 4.42 Å². The van der Waals surface area contributed by atoms with Gasteiger partial charge in [0, 0.05) is 22.6 Å². The fraction of sp³-hybridized carbons (Fsp3) is 0.0952. The Labute approximate surface area is 250 Å². The fourth-order valence-corrected chi connectivity index (χ4v) is 7.56. The Morgan fingerprint density at radius 1 is 0.581 bits per heavy atom. The molecule has 3 aliphatic rings. The Hall–Kier alpha value is -5.14. The van der Waals surface area contributed by atoms with Gasteiger partial charge >= 0.3 is 0 Å². The molecule has 43 heavy (non-hydrogen) atoms. The van der Waals surface area contributed by atoms with Crippen LogP contribution in [0.5, 0.6) is 0 Å². The molecule has 0 aliphatic heterocycles. The van der Waals surface area contributed by atoms with E-state index < -0.39 is 0 Å². The minimum absolute atomic E-state index is 0.204. The summed E-state index contributed by atoms with van der Waals surface area (Å²) in [6.45, 7) is 0. The number of allylic oxidation sites excluding steroid dienone is 8. The quantitative estimate of drug-likeness (QED) is 0.214. The van der Waals surface area contributed by atoms with E-state index >= 15 is 0 Å². The third kappa shape index (κ3) is 3.85. The molecule has 2 unspecified atom stereocenters. The van der Waals surface area contributed by atoms with E-state index in [1.807, 2.05) is 0 Å². The van der Waals surface area contributed by atoms with Crippen molar-refractivity contribution in [1.82, 2.24) is 0 Å². The number of fused-ring (bicyclic) bond motifs is 6. The lowest BCUT2D eigenvalue weighted by atomic mass is 9.69. The Bertz CT molecular complexity index is 2340. The van der Waals surface area contributed by atoms with Gasteiger partial charge in [-0.1, -0.05) is 121 Å². The SMILES string of the molecule is C1=CC2C(c3ccccc3)=c3ccccc3=C(c3cc(C4=CCCC=C4)cc4oc5cc6ccccc6cc5c34)C2C=C1. The number of hydrogen-bond acceptors (Lipinski definition) is 1. The van der Waals surface area contributed by atoms with Gasteiger partial charge in [-0.2, -0.15) is 0 Å². The highest BCUT2D eigenvalue weighted by atomic mass is 16.3. The van der Waals surface area contributed by atoms with E-state index in [4.69, 9.17) is 4.42 Å². The summed E-state index contributed by atoms with van der Waals surface area (Å²) >= 11 is 0. The topological polar surface area (TPSA) is 13.1 Å². The standard InChI is InChI=1S/C42H30O/c1-3-13-27(14-4-1)31-24-37(42-36-23-29-17-7-8-18-30(29)25-38(36)43-39(42)26-31)41-34-21-11-9-19-32(34)40(28-15-5-2-6-16-28)33-20-10-12-22-35(33)41/h2-3,5-26,32,34H,1,4H2. The van der Waals surface area contributed by atoms with Crippen molar-refractivity contribution in [3.8, 4) is 0 Å². The lowest BCUT2D eigenvalue weighted by molar-refractivity contribution is 0.668. The molecular weight excluding hydrogens is 520 g/mol. The normalized spacial score (nSPS) is 19.2. The summed E-state index contributed by atoms with van der Waals surface area (Å²) in [6.07, 6.45) is 18.4. The molecule has 1 aromatic heterocycles. The predicted octanol–water partition coefficient (Wildman–Crippen LogP) is 9.24. The summed E-state index contributed by atoms with van der Waals surface area (Å²) in [4.78, 5) is 0. The van der Waals surface area contributed by atoms with Gasteiger partial charge in [-0.25, -0.2) is 0 Å². The second kappa shape index (κ2) is 9.71. The van der Waals surface area contributed by atoms with E-state index in [1.165, 1.54) is 65.4 Å². The van der Waals surface area contributed by atoms with E-state index in [-0.39, 0.29) is 11.8 Å². The van der Waals surface area contributed by atoms with Crippen LogP contribution in [0.15, 0.2) is 150 Å². The molecule has 6 aromatic rings. The van der Waals surface area contributed by atoms with E-state index in [0.717, 1.165) is 24.0 Å². The summed E-state index contributed by atoms with van der Waals surface area (Å²) in [5, 5.41) is 7.45. The summed E-state index contributed by atoms with van der Waals surface area (Å²) in [5.74, 6) is 0.443. The van der Waals surface area contributed by atoms with Gasteiger partial charge in [0.15, 0.2) is 0 Å². The first-order chi connectivity index (χ1) is 21.3. The number of furan rings is 1. The molecular formula is C42H30O. The largest absolute Gasteiger partial charge is 0.456 e. The van der Waals surface area contributed by atoms with E-state index in [9.17, 15) is 0 Å². The molecule has 1 heterocycles. The summed E-state index contributed by atoms with van der Waals surface area (Å²) in [5.41, 5.74) is 9.73.